The van der Waals surface area contributed by atoms with Crippen LogP contribution in [0.15, 0.2) is 18.2 Å². The average Bonchev–Trinajstić information content (AvgIpc) is 3.12. The summed E-state index contributed by atoms with van der Waals surface area (Å²) >= 11 is 0. The highest BCUT2D eigenvalue weighted by molar-refractivity contribution is 5.99. The molecule has 1 fully saturated rings. The number of rotatable bonds is 4. The van der Waals surface area contributed by atoms with Crippen LogP contribution < -0.4 is 10.5 Å². The molecule has 0 unspecified atom stereocenters. The molecule has 2 N–H and O–H groups in total. The summed E-state index contributed by atoms with van der Waals surface area (Å²) in [5, 5.41) is 0. The number of benzene rings is 1. The Morgan fingerprint density at radius 3 is 2.82 bits per heavy atom. The van der Waals surface area contributed by atoms with Crippen LogP contribution in [0.4, 0.5) is 5.69 Å². The van der Waals surface area contributed by atoms with E-state index in [0.717, 1.165) is 6.54 Å². The summed E-state index contributed by atoms with van der Waals surface area (Å²) in [6.07, 6.45) is 2.45. The Labute approximate surface area is 101 Å². The summed E-state index contributed by atoms with van der Waals surface area (Å²) in [5.74, 6) is 1.30. The van der Waals surface area contributed by atoms with Gasteiger partial charge in [0.05, 0.1) is 12.7 Å². The minimum absolute atomic E-state index is 0.0340. The number of nitrogens with two attached hydrogens (primary N) is 1. The molecule has 2 rings (SSSR count). The molecule has 1 aliphatic rings. The van der Waals surface area contributed by atoms with Crippen molar-refractivity contribution in [1.82, 2.24) is 4.90 Å². The number of carbonyl (C=O) groups is 1. The molecule has 0 bridgehead atoms. The van der Waals surface area contributed by atoms with Crippen molar-refractivity contribution in [3.63, 3.8) is 0 Å². The Balaban J connectivity index is 2.16. The fourth-order valence-corrected chi connectivity index (χ4v) is 1.82. The van der Waals surface area contributed by atoms with Crippen molar-refractivity contribution in [2.45, 2.75) is 12.8 Å². The van der Waals surface area contributed by atoms with E-state index < -0.39 is 0 Å². The largest absolute Gasteiger partial charge is 0.497 e. The first-order valence-corrected chi connectivity index (χ1v) is 5.80. The minimum Gasteiger partial charge on any atom is -0.497 e. The number of hydrogen-bond acceptors (Lipinski definition) is 3. The monoisotopic (exact) mass is 234 g/mol. The first-order chi connectivity index (χ1) is 8.11. The van der Waals surface area contributed by atoms with Crippen molar-refractivity contribution in [3.8, 4) is 5.75 Å². The molecule has 0 aromatic heterocycles. The molecule has 0 spiro atoms. The van der Waals surface area contributed by atoms with Gasteiger partial charge >= 0.3 is 0 Å². The lowest BCUT2D eigenvalue weighted by Crippen LogP contribution is -2.29. The molecule has 0 saturated heterocycles. The van der Waals surface area contributed by atoms with Gasteiger partial charge in [0.2, 0.25) is 0 Å². The van der Waals surface area contributed by atoms with Gasteiger partial charge in [-0.15, -0.1) is 0 Å². The molecule has 1 aliphatic carbocycles. The topological polar surface area (TPSA) is 55.6 Å². The molecule has 1 saturated carbocycles. The zero-order valence-corrected chi connectivity index (χ0v) is 10.3. The number of nitrogen functional groups attached to an aromatic ring is 1. The van der Waals surface area contributed by atoms with Gasteiger partial charge in [-0.1, -0.05) is 0 Å². The Morgan fingerprint density at radius 2 is 2.24 bits per heavy atom. The lowest BCUT2D eigenvalue weighted by molar-refractivity contribution is 0.0789. The minimum atomic E-state index is -0.0340. The van der Waals surface area contributed by atoms with Gasteiger partial charge in [0.15, 0.2) is 0 Å². The van der Waals surface area contributed by atoms with Crippen LogP contribution >= 0.6 is 0 Å². The van der Waals surface area contributed by atoms with E-state index in [9.17, 15) is 4.79 Å². The van der Waals surface area contributed by atoms with Crippen molar-refractivity contribution in [2.75, 3.05) is 26.4 Å². The number of methoxy groups -OCH3 is 1. The molecule has 0 aliphatic heterocycles. The zero-order chi connectivity index (χ0) is 12.4. The van der Waals surface area contributed by atoms with Crippen molar-refractivity contribution >= 4 is 11.6 Å². The standard InChI is InChI=1S/C13H18N2O2/c1-15(8-9-3-4-9)13(16)11-7-10(17-2)5-6-12(11)14/h5-7,9H,3-4,8,14H2,1-2H3. The predicted octanol–water partition coefficient (Wildman–Crippen LogP) is 1.76. The van der Waals surface area contributed by atoms with Crippen LogP contribution in [0.3, 0.4) is 0 Å². The Morgan fingerprint density at radius 1 is 1.53 bits per heavy atom. The lowest BCUT2D eigenvalue weighted by Gasteiger charge is -2.18. The maximum atomic E-state index is 12.2. The highest BCUT2D eigenvalue weighted by Crippen LogP contribution is 2.30. The van der Waals surface area contributed by atoms with E-state index in [0.29, 0.717) is 22.9 Å². The normalized spacial score (nSPS) is 14.5. The second kappa shape index (κ2) is 4.65. The van der Waals surface area contributed by atoms with Crippen LogP contribution in [-0.2, 0) is 0 Å². The summed E-state index contributed by atoms with van der Waals surface area (Å²) in [4.78, 5) is 13.9. The number of ether oxygens (including phenoxy) is 1. The molecule has 17 heavy (non-hydrogen) atoms. The summed E-state index contributed by atoms with van der Waals surface area (Å²) in [5.41, 5.74) is 6.85. The second-order valence-corrected chi connectivity index (χ2v) is 4.58. The quantitative estimate of drug-likeness (QED) is 0.808. The number of anilines is 1. The molecule has 4 heteroatoms. The second-order valence-electron chi connectivity index (χ2n) is 4.58. The van der Waals surface area contributed by atoms with Crippen molar-refractivity contribution in [2.24, 2.45) is 5.92 Å². The van der Waals surface area contributed by atoms with Gasteiger partial charge < -0.3 is 15.4 Å². The van der Waals surface area contributed by atoms with E-state index in [-0.39, 0.29) is 5.91 Å². The molecule has 0 radical (unpaired) electrons. The molecule has 0 atom stereocenters. The van der Waals surface area contributed by atoms with Gasteiger partial charge in [-0.05, 0) is 37.0 Å². The molecular formula is C13H18N2O2. The van der Waals surface area contributed by atoms with E-state index in [1.165, 1.54) is 12.8 Å². The van der Waals surface area contributed by atoms with Crippen LogP contribution in [0, 0.1) is 5.92 Å². The van der Waals surface area contributed by atoms with E-state index in [2.05, 4.69) is 0 Å². The zero-order valence-electron chi connectivity index (χ0n) is 10.3. The van der Waals surface area contributed by atoms with Crippen LogP contribution in [-0.4, -0.2) is 31.5 Å². The van der Waals surface area contributed by atoms with Gasteiger partial charge in [0.1, 0.15) is 5.75 Å². The maximum absolute atomic E-state index is 12.2. The summed E-state index contributed by atoms with van der Waals surface area (Å²) in [6.45, 7) is 0.815. The van der Waals surface area contributed by atoms with Crippen LogP contribution in [0.1, 0.15) is 23.2 Å². The summed E-state index contributed by atoms with van der Waals surface area (Å²) < 4.78 is 5.11. The Hall–Kier alpha value is -1.71. The fraction of sp³-hybridized carbons (Fsp3) is 0.462. The molecule has 0 heterocycles. The third-order valence-corrected chi connectivity index (χ3v) is 3.07. The van der Waals surface area contributed by atoms with E-state index >= 15 is 0 Å². The van der Waals surface area contributed by atoms with Gasteiger partial charge in [-0.2, -0.15) is 0 Å². The van der Waals surface area contributed by atoms with E-state index in [4.69, 9.17) is 10.5 Å². The van der Waals surface area contributed by atoms with Crippen molar-refractivity contribution in [3.05, 3.63) is 23.8 Å². The predicted molar refractivity (Wildman–Crippen MR) is 67.1 cm³/mol. The molecular weight excluding hydrogens is 216 g/mol. The number of carbonyl (C=O) groups excluding carboxylic acids is 1. The van der Waals surface area contributed by atoms with Gasteiger partial charge in [-0.25, -0.2) is 0 Å². The first kappa shape index (κ1) is 11.8. The van der Waals surface area contributed by atoms with Crippen LogP contribution in [0.2, 0.25) is 0 Å². The highest BCUT2D eigenvalue weighted by Gasteiger charge is 2.26. The fourth-order valence-electron chi connectivity index (χ4n) is 1.82. The molecule has 1 amide bonds. The Bertz CT molecular complexity index is 427. The van der Waals surface area contributed by atoms with Gasteiger partial charge in [-0.3, -0.25) is 4.79 Å². The third kappa shape index (κ3) is 2.70. The average molecular weight is 234 g/mol. The molecule has 1 aromatic carbocycles. The highest BCUT2D eigenvalue weighted by atomic mass is 16.5. The summed E-state index contributed by atoms with van der Waals surface area (Å²) in [6, 6.07) is 5.16. The number of hydrogen-bond donors (Lipinski definition) is 1. The molecule has 4 nitrogen and oxygen atoms in total. The lowest BCUT2D eigenvalue weighted by atomic mass is 10.1. The van der Waals surface area contributed by atoms with Crippen molar-refractivity contribution in [1.29, 1.82) is 0 Å². The Kier molecular flexibility index (Phi) is 3.22. The van der Waals surface area contributed by atoms with Gasteiger partial charge in [0, 0.05) is 19.3 Å². The molecule has 92 valence electrons. The first-order valence-electron chi connectivity index (χ1n) is 5.80. The van der Waals surface area contributed by atoms with E-state index in [1.807, 2.05) is 7.05 Å². The maximum Gasteiger partial charge on any atom is 0.255 e. The summed E-state index contributed by atoms with van der Waals surface area (Å²) in [7, 11) is 3.40. The molecule has 1 aromatic rings. The number of amides is 1. The number of nitrogens with zero attached hydrogens (tertiary/aromatic N) is 1. The third-order valence-electron chi connectivity index (χ3n) is 3.07. The van der Waals surface area contributed by atoms with Gasteiger partial charge in [0.25, 0.3) is 5.91 Å². The van der Waals surface area contributed by atoms with Crippen LogP contribution in [0.25, 0.3) is 0 Å². The smallest absolute Gasteiger partial charge is 0.255 e. The SMILES string of the molecule is COc1ccc(N)c(C(=O)N(C)CC2CC2)c1. The van der Waals surface area contributed by atoms with Crippen LogP contribution in [0.5, 0.6) is 5.75 Å². The van der Waals surface area contributed by atoms with Crippen molar-refractivity contribution < 1.29 is 9.53 Å². The van der Waals surface area contributed by atoms with E-state index in [1.54, 1.807) is 30.2 Å².